The molecule has 2 aromatic carbocycles. The molecular weight excluding hydrogens is 362 g/mol. The zero-order valence-corrected chi connectivity index (χ0v) is 17.1. The first-order valence-electron chi connectivity index (χ1n) is 10.3. The Hall–Kier alpha value is -2.86. The van der Waals surface area contributed by atoms with Gasteiger partial charge in [-0.3, -0.25) is 0 Å². The molecule has 0 spiro atoms. The SMILES string of the molecule is COc1nc2c(c(N3CCN(C)CC3)n1)CCN(c1cccc3ccccc13)C2. The molecule has 0 radical (unpaired) electrons. The second-order valence-corrected chi connectivity index (χ2v) is 7.92. The number of hydrogen-bond donors (Lipinski definition) is 0. The van der Waals surface area contributed by atoms with Crippen molar-refractivity contribution in [1.82, 2.24) is 14.9 Å². The topological polar surface area (TPSA) is 44.7 Å². The molecule has 3 aromatic rings. The van der Waals surface area contributed by atoms with Crippen molar-refractivity contribution in [2.24, 2.45) is 0 Å². The molecule has 3 heterocycles. The van der Waals surface area contributed by atoms with Crippen LogP contribution in [0.4, 0.5) is 11.5 Å². The van der Waals surface area contributed by atoms with E-state index >= 15 is 0 Å². The van der Waals surface area contributed by atoms with Gasteiger partial charge in [-0.15, -0.1) is 0 Å². The van der Waals surface area contributed by atoms with E-state index < -0.39 is 0 Å². The summed E-state index contributed by atoms with van der Waals surface area (Å²) in [4.78, 5) is 16.7. The minimum atomic E-state index is 0.470. The van der Waals surface area contributed by atoms with Crippen molar-refractivity contribution in [2.75, 3.05) is 56.7 Å². The van der Waals surface area contributed by atoms with Gasteiger partial charge in [0.25, 0.3) is 0 Å². The summed E-state index contributed by atoms with van der Waals surface area (Å²) < 4.78 is 5.47. The monoisotopic (exact) mass is 389 g/mol. The van der Waals surface area contributed by atoms with Crippen LogP contribution in [-0.2, 0) is 13.0 Å². The molecule has 2 aliphatic rings. The number of fused-ring (bicyclic) bond motifs is 2. The number of benzene rings is 2. The van der Waals surface area contributed by atoms with E-state index in [0.717, 1.165) is 57.2 Å². The van der Waals surface area contributed by atoms with Crippen LogP contribution in [-0.4, -0.2) is 61.7 Å². The maximum absolute atomic E-state index is 5.47. The van der Waals surface area contributed by atoms with Crippen LogP contribution in [0.5, 0.6) is 6.01 Å². The van der Waals surface area contributed by atoms with Crippen LogP contribution in [0.3, 0.4) is 0 Å². The van der Waals surface area contributed by atoms with Crippen LogP contribution in [0.2, 0.25) is 0 Å². The minimum absolute atomic E-state index is 0.470. The van der Waals surface area contributed by atoms with Gasteiger partial charge in [-0.1, -0.05) is 36.4 Å². The zero-order valence-electron chi connectivity index (χ0n) is 17.1. The minimum Gasteiger partial charge on any atom is -0.467 e. The lowest BCUT2D eigenvalue weighted by atomic mass is 10.0. The van der Waals surface area contributed by atoms with Gasteiger partial charge >= 0.3 is 6.01 Å². The molecular formula is C23H27N5O. The number of anilines is 2. The standard InChI is InChI=1S/C23H27N5O/c1-26-12-14-27(15-13-26)22-19-10-11-28(16-20(19)24-23(25-22)29-2)21-9-5-7-17-6-3-4-8-18(17)21/h3-9H,10-16H2,1-2H3. The van der Waals surface area contributed by atoms with Gasteiger partial charge in [0.1, 0.15) is 5.82 Å². The summed E-state index contributed by atoms with van der Waals surface area (Å²) >= 11 is 0. The molecule has 0 N–H and O–H groups in total. The van der Waals surface area contributed by atoms with Gasteiger partial charge in [0.05, 0.1) is 19.3 Å². The van der Waals surface area contributed by atoms with Crippen molar-refractivity contribution in [3.05, 3.63) is 53.7 Å². The third-order valence-electron chi connectivity index (χ3n) is 6.12. The smallest absolute Gasteiger partial charge is 0.318 e. The number of hydrogen-bond acceptors (Lipinski definition) is 6. The summed E-state index contributed by atoms with van der Waals surface area (Å²) in [5, 5.41) is 2.56. The molecule has 1 aromatic heterocycles. The van der Waals surface area contributed by atoms with Crippen LogP contribution >= 0.6 is 0 Å². The summed E-state index contributed by atoms with van der Waals surface area (Å²) in [6.45, 7) is 5.86. The molecule has 150 valence electrons. The third kappa shape index (κ3) is 3.38. The lowest BCUT2D eigenvalue weighted by Crippen LogP contribution is -2.45. The molecule has 29 heavy (non-hydrogen) atoms. The molecule has 1 saturated heterocycles. The largest absolute Gasteiger partial charge is 0.467 e. The van der Waals surface area contributed by atoms with Gasteiger partial charge in [0.2, 0.25) is 0 Å². The van der Waals surface area contributed by atoms with Crippen LogP contribution in [0.1, 0.15) is 11.3 Å². The highest BCUT2D eigenvalue weighted by Crippen LogP contribution is 2.34. The fourth-order valence-electron chi connectivity index (χ4n) is 4.45. The average molecular weight is 390 g/mol. The Morgan fingerprint density at radius 1 is 0.862 bits per heavy atom. The van der Waals surface area contributed by atoms with E-state index in [-0.39, 0.29) is 0 Å². The summed E-state index contributed by atoms with van der Waals surface area (Å²) in [6, 6.07) is 15.6. The number of aromatic nitrogens is 2. The number of piperazine rings is 1. The maximum atomic E-state index is 5.47. The van der Waals surface area contributed by atoms with Crippen molar-refractivity contribution in [3.8, 4) is 6.01 Å². The van der Waals surface area contributed by atoms with Gasteiger partial charge in [0.15, 0.2) is 0 Å². The number of rotatable bonds is 3. The fourth-order valence-corrected chi connectivity index (χ4v) is 4.45. The number of likely N-dealkylation sites (N-methyl/N-ethyl adjacent to an activating group) is 1. The Morgan fingerprint density at radius 3 is 2.48 bits per heavy atom. The number of nitrogens with zero attached hydrogens (tertiary/aromatic N) is 5. The van der Waals surface area contributed by atoms with E-state index in [0.29, 0.717) is 6.01 Å². The van der Waals surface area contributed by atoms with Crippen molar-refractivity contribution in [1.29, 1.82) is 0 Å². The first kappa shape index (κ1) is 18.2. The number of methoxy groups -OCH3 is 1. The van der Waals surface area contributed by atoms with Crippen LogP contribution < -0.4 is 14.5 Å². The highest BCUT2D eigenvalue weighted by molar-refractivity contribution is 5.94. The van der Waals surface area contributed by atoms with Gasteiger partial charge in [-0.25, -0.2) is 0 Å². The second-order valence-electron chi connectivity index (χ2n) is 7.92. The van der Waals surface area contributed by atoms with Crippen LogP contribution in [0.25, 0.3) is 10.8 Å². The lowest BCUT2D eigenvalue weighted by Gasteiger charge is -2.37. The Morgan fingerprint density at radius 2 is 1.66 bits per heavy atom. The van der Waals surface area contributed by atoms with E-state index in [2.05, 4.69) is 64.2 Å². The van der Waals surface area contributed by atoms with Crippen molar-refractivity contribution in [3.63, 3.8) is 0 Å². The molecule has 6 nitrogen and oxygen atoms in total. The summed E-state index contributed by atoms with van der Waals surface area (Å²) in [5.74, 6) is 1.07. The summed E-state index contributed by atoms with van der Waals surface area (Å²) in [5.41, 5.74) is 3.64. The molecule has 0 aliphatic carbocycles. The molecule has 1 fully saturated rings. The van der Waals surface area contributed by atoms with Crippen molar-refractivity contribution < 1.29 is 4.74 Å². The highest BCUT2D eigenvalue weighted by atomic mass is 16.5. The lowest BCUT2D eigenvalue weighted by molar-refractivity contribution is 0.310. The van der Waals surface area contributed by atoms with E-state index in [1.165, 1.54) is 22.0 Å². The van der Waals surface area contributed by atoms with Gasteiger partial charge in [-0.05, 0) is 24.9 Å². The molecule has 0 unspecified atom stereocenters. The molecule has 2 aliphatic heterocycles. The maximum Gasteiger partial charge on any atom is 0.318 e. The molecule has 5 rings (SSSR count). The zero-order chi connectivity index (χ0) is 19.8. The van der Waals surface area contributed by atoms with E-state index in [4.69, 9.17) is 14.7 Å². The first-order chi connectivity index (χ1) is 14.2. The van der Waals surface area contributed by atoms with Crippen molar-refractivity contribution in [2.45, 2.75) is 13.0 Å². The van der Waals surface area contributed by atoms with Gasteiger partial charge < -0.3 is 19.4 Å². The quantitative estimate of drug-likeness (QED) is 0.686. The Balaban J connectivity index is 1.51. The molecule has 0 atom stereocenters. The Labute approximate surface area is 171 Å². The molecule has 0 amide bonds. The second kappa shape index (κ2) is 7.52. The normalized spacial score (nSPS) is 17.4. The fraction of sp³-hybridized carbons (Fsp3) is 0.391. The highest BCUT2D eigenvalue weighted by Gasteiger charge is 2.27. The van der Waals surface area contributed by atoms with Gasteiger partial charge in [-0.2, -0.15) is 9.97 Å². The summed E-state index contributed by atoms with van der Waals surface area (Å²) in [6.07, 6.45) is 0.949. The molecule has 6 heteroatoms. The van der Waals surface area contributed by atoms with E-state index in [1.807, 2.05) is 0 Å². The Bertz CT molecular complexity index is 1020. The average Bonchev–Trinajstić information content (AvgIpc) is 2.78. The predicted molar refractivity (Wildman–Crippen MR) is 117 cm³/mol. The predicted octanol–water partition coefficient (Wildman–Crippen LogP) is 2.95. The van der Waals surface area contributed by atoms with Crippen LogP contribution in [0, 0.1) is 0 Å². The molecule has 0 saturated carbocycles. The number of ether oxygens (including phenoxy) is 1. The Kier molecular flexibility index (Phi) is 4.72. The van der Waals surface area contributed by atoms with Crippen molar-refractivity contribution >= 4 is 22.3 Å². The third-order valence-corrected chi connectivity index (χ3v) is 6.12. The summed E-state index contributed by atoms with van der Waals surface area (Å²) in [7, 11) is 3.83. The van der Waals surface area contributed by atoms with E-state index in [1.54, 1.807) is 7.11 Å². The van der Waals surface area contributed by atoms with Crippen LogP contribution in [0.15, 0.2) is 42.5 Å². The van der Waals surface area contributed by atoms with E-state index in [9.17, 15) is 0 Å². The molecule has 0 bridgehead atoms. The van der Waals surface area contributed by atoms with Gasteiger partial charge in [0, 0.05) is 49.4 Å². The first-order valence-corrected chi connectivity index (χ1v) is 10.3.